The van der Waals surface area contributed by atoms with Gasteiger partial charge in [-0.05, 0) is 25.8 Å². The van der Waals surface area contributed by atoms with Crippen molar-refractivity contribution >= 4 is 0 Å². The molecule has 0 spiro atoms. The summed E-state index contributed by atoms with van der Waals surface area (Å²) in [6.45, 7) is 1.69. The van der Waals surface area contributed by atoms with Gasteiger partial charge in [0, 0.05) is 18.3 Å². The number of hydrogen-bond donors (Lipinski definition) is 1. The summed E-state index contributed by atoms with van der Waals surface area (Å²) in [6.07, 6.45) is -1.85. The fourth-order valence-corrected chi connectivity index (χ4v) is 1.60. The maximum absolute atomic E-state index is 13.5. The van der Waals surface area contributed by atoms with Gasteiger partial charge in [-0.25, -0.2) is 4.39 Å². The standard InChI is InChI=1S/C11H12F4N2/c1-6(17-8-2-3-8)10-9(12)4-7(5-16-10)11(13,14)15/h4-6,8,17H,2-3H2,1H3. The van der Waals surface area contributed by atoms with Crippen LogP contribution >= 0.6 is 0 Å². The van der Waals surface area contributed by atoms with Crippen molar-refractivity contribution in [1.29, 1.82) is 0 Å². The van der Waals surface area contributed by atoms with Crippen molar-refractivity contribution in [2.45, 2.75) is 38.0 Å². The molecule has 0 saturated heterocycles. The highest BCUT2D eigenvalue weighted by atomic mass is 19.4. The van der Waals surface area contributed by atoms with Gasteiger partial charge in [0.25, 0.3) is 0 Å². The van der Waals surface area contributed by atoms with E-state index < -0.39 is 17.6 Å². The summed E-state index contributed by atoms with van der Waals surface area (Å²) in [5.41, 5.74) is -1.03. The van der Waals surface area contributed by atoms with Gasteiger partial charge in [0.05, 0.1) is 11.3 Å². The molecule has 0 amide bonds. The van der Waals surface area contributed by atoms with Crippen molar-refractivity contribution in [2.75, 3.05) is 0 Å². The molecule has 1 unspecified atom stereocenters. The quantitative estimate of drug-likeness (QED) is 0.831. The van der Waals surface area contributed by atoms with Crippen molar-refractivity contribution in [3.05, 3.63) is 29.3 Å². The first kappa shape index (κ1) is 12.3. The van der Waals surface area contributed by atoms with Gasteiger partial charge in [0.1, 0.15) is 5.82 Å². The number of rotatable bonds is 3. The van der Waals surface area contributed by atoms with Crippen LogP contribution in [0, 0.1) is 5.82 Å². The number of alkyl halides is 3. The summed E-state index contributed by atoms with van der Waals surface area (Å²) in [6, 6.07) is 0.464. The molecule has 1 heterocycles. The van der Waals surface area contributed by atoms with Crippen molar-refractivity contribution in [3.63, 3.8) is 0 Å². The number of halogens is 4. The third-order valence-electron chi connectivity index (χ3n) is 2.67. The van der Waals surface area contributed by atoms with Crippen LogP contribution in [0.1, 0.15) is 37.1 Å². The van der Waals surface area contributed by atoms with Crippen LogP contribution in [0.2, 0.25) is 0 Å². The number of hydrogen-bond acceptors (Lipinski definition) is 2. The van der Waals surface area contributed by atoms with Crippen molar-refractivity contribution in [2.24, 2.45) is 0 Å². The molecular formula is C11H12F4N2. The molecule has 1 aromatic heterocycles. The molecule has 1 aliphatic rings. The Morgan fingerprint density at radius 1 is 1.41 bits per heavy atom. The van der Waals surface area contributed by atoms with Crippen molar-refractivity contribution in [3.8, 4) is 0 Å². The first-order valence-electron chi connectivity index (χ1n) is 5.36. The van der Waals surface area contributed by atoms with E-state index in [-0.39, 0.29) is 11.7 Å². The minimum atomic E-state index is -4.56. The van der Waals surface area contributed by atoms with Gasteiger partial charge >= 0.3 is 6.18 Å². The Labute approximate surface area is 96.0 Å². The Morgan fingerprint density at radius 2 is 2.06 bits per heavy atom. The molecule has 0 aliphatic heterocycles. The Hall–Kier alpha value is -1.17. The van der Waals surface area contributed by atoms with E-state index in [9.17, 15) is 17.6 Å². The number of nitrogens with one attached hydrogen (secondary N) is 1. The maximum Gasteiger partial charge on any atom is 0.417 e. The monoisotopic (exact) mass is 248 g/mol. The van der Waals surface area contributed by atoms with E-state index in [0.717, 1.165) is 12.8 Å². The third-order valence-corrected chi connectivity index (χ3v) is 2.67. The summed E-state index contributed by atoms with van der Waals surface area (Å²) in [5.74, 6) is -0.916. The summed E-state index contributed by atoms with van der Waals surface area (Å²) >= 11 is 0. The molecule has 1 aromatic rings. The fourth-order valence-electron chi connectivity index (χ4n) is 1.60. The second-order valence-electron chi connectivity index (χ2n) is 4.25. The highest BCUT2D eigenvalue weighted by Gasteiger charge is 2.32. The van der Waals surface area contributed by atoms with E-state index in [2.05, 4.69) is 10.3 Å². The molecule has 1 saturated carbocycles. The SMILES string of the molecule is CC(NC1CC1)c1ncc(C(F)(F)F)cc1F. The Bertz CT molecular complexity index is 412. The van der Waals surface area contributed by atoms with Gasteiger partial charge in [-0.15, -0.1) is 0 Å². The highest BCUT2D eigenvalue weighted by Crippen LogP contribution is 2.31. The van der Waals surface area contributed by atoms with Crippen LogP contribution in [0.4, 0.5) is 17.6 Å². The fraction of sp³-hybridized carbons (Fsp3) is 0.545. The molecule has 1 aliphatic carbocycles. The van der Waals surface area contributed by atoms with E-state index in [1.54, 1.807) is 6.92 Å². The van der Waals surface area contributed by atoms with Gasteiger partial charge in [0.15, 0.2) is 0 Å². The second-order valence-corrected chi connectivity index (χ2v) is 4.25. The molecule has 0 aromatic carbocycles. The molecule has 2 rings (SSSR count). The topological polar surface area (TPSA) is 24.9 Å². The van der Waals surface area contributed by atoms with Crippen LogP contribution in [-0.2, 0) is 6.18 Å². The molecule has 17 heavy (non-hydrogen) atoms. The van der Waals surface area contributed by atoms with Crippen LogP contribution < -0.4 is 5.32 Å². The summed E-state index contributed by atoms with van der Waals surface area (Å²) in [5, 5.41) is 3.09. The van der Waals surface area contributed by atoms with E-state index in [0.29, 0.717) is 18.3 Å². The largest absolute Gasteiger partial charge is 0.417 e. The predicted molar refractivity (Wildman–Crippen MR) is 53.8 cm³/mol. The van der Waals surface area contributed by atoms with Gasteiger partial charge in [-0.3, -0.25) is 4.98 Å². The van der Waals surface area contributed by atoms with Gasteiger partial charge < -0.3 is 5.32 Å². The van der Waals surface area contributed by atoms with Crippen molar-refractivity contribution in [1.82, 2.24) is 10.3 Å². The number of nitrogens with zero attached hydrogens (tertiary/aromatic N) is 1. The van der Waals surface area contributed by atoms with E-state index in [1.807, 2.05) is 0 Å². The maximum atomic E-state index is 13.5. The molecule has 1 fully saturated rings. The lowest BCUT2D eigenvalue weighted by molar-refractivity contribution is -0.138. The first-order chi connectivity index (χ1) is 7.88. The molecule has 1 N–H and O–H groups in total. The summed E-state index contributed by atoms with van der Waals surface area (Å²) in [4.78, 5) is 3.57. The lowest BCUT2D eigenvalue weighted by Crippen LogP contribution is -2.23. The predicted octanol–water partition coefficient (Wildman–Crippen LogP) is 3.05. The smallest absolute Gasteiger partial charge is 0.306 e. The van der Waals surface area contributed by atoms with Crippen LogP contribution in [0.3, 0.4) is 0 Å². The van der Waals surface area contributed by atoms with Crippen LogP contribution in [-0.4, -0.2) is 11.0 Å². The highest BCUT2D eigenvalue weighted by molar-refractivity contribution is 5.21. The molecule has 1 atom stereocenters. The first-order valence-corrected chi connectivity index (χ1v) is 5.36. The Morgan fingerprint density at radius 3 is 2.53 bits per heavy atom. The number of pyridine rings is 1. The average molecular weight is 248 g/mol. The average Bonchev–Trinajstić information content (AvgIpc) is 2.99. The molecule has 6 heteroatoms. The number of aromatic nitrogens is 1. The lowest BCUT2D eigenvalue weighted by atomic mass is 10.1. The Balaban J connectivity index is 2.18. The van der Waals surface area contributed by atoms with Crippen LogP contribution in [0.15, 0.2) is 12.3 Å². The van der Waals surface area contributed by atoms with Gasteiger partial charge in [-0.1, -0.05) is 0 Å². The zero-order valence-electron chi connectivity index (χ0n) is 9.18. The normalized spacial score (nSPS) is 18.2. The molecule has 94 valence electrons. The van der Waals surface area contributed by atoms with E-state index in [4.69, 9.17) is 0 Å². The minimum Gasteiger partial charge on any atom is -0.306 e. The zero-order valence-corrected chi connectivity index (χ0v) is 9.18. The summed E-state index contributed by atoms with van der Waals surface area (Å²) in [7, 11) is 0. The van der Waals surface area contributed by atoms with E-state index in [1.165, 1.54) is 0 Å². The zero-order chi connectivity index (χ0) is 12.6. The lowest BCUT2D eigenvalue weighted by Gasteiger charge is -2.14. The van der Waals surface area contributed by atoms with Gasteiger partial charge in [0.2, 0.25) is 0 Å². The molecule has 0 radical (unpaired) electrons. The van der Waals surface area contributed by atoms with E-state index >= 15 is 0 Å². The van der Waals surface area contributed by atoms with Gasteiger partial charge in [-0.2, -0.15) is 13.2 Å². The Kier molecular flexibility index (Phi) is 3.07. The molecule has 0 bridgehead atoms. The van der Waals surface area contributed by atoms with Crippen LogP contribution in [0.25, 0.3) is 0 Å². The van der Waals surface area contributed by atoms with Crippen molar-refractivity contribution < 1.29 is 17.6 Å². The third kappa shape index (κ3) is 2.94. The molecular weight excluding hydrogens is 236 g/mol. The second kappa shape index (κ2) is 4.25. The van der Waals surface area contributed by atoms with Crippen LogP contribution in [0.5, 0.6) is 0 Å². The summed E-state index contributed by atoms with van der Waals surface area (Å²) < 4.78 is 50.4. The minimum absolute atomic E-state index is 0.0323. The molecule has 2 nitrogen and oxygen atoms in total.